The van der Waals surface area contributed by atoms with Gasteiger partial charge in [0.15, 0.2) is 6.73 Å². The molecule has 1 unspecified atom stereocenters. The molecule has 2 N–H and O–H groups in total. The van der Waals surface area contributed by atoms with Crippen molar-refractivity contribution in [3.63, 3.8) is 0 Å². The number of hydrogen-bond donors (Lipinski definition) is 2. The predicted molar refractivity (Wildman–Crippen MR) is 95.9 cm³/mol. The molecule has 0 fully saturated rings. The minimum Gasteiger partial charge on any atom is -0.471 e. The van der Waals surface area contributed by atoms with Crippen LogP contribution in [0.4, 0.5) is 0 Å². The zero-order valence-electron chi connectivity index (χ0n) is 14.6. The maximum atomic E-state index is 12.0. The fourth-order valence-electron chi connectivity index (χ4n) is 2.19. The standard InChI is InChI=1S/C17H23ClN4O3/c1-12-8-14(4-5-15(12)18)25-11-22-7-6-16(20-22)17(24)19-9-13(23)10-21(2)3/h4-8,13,23H,9-11H2,1-3H3,(H,19,24). The van der Waals surface area contributed by atoms with E-state index in [9.17, 15) is 9.90 Å². The van der Waals surface area contributed by atoms with Crippen LogP contribution in [-0.4, -0.2) is 59.0 Å². The number of amides is 1. The Morgan fingerprint density at radius 3 is 2.88 bits per heavy atom. The van der Waals surface area contributed by atoms with Crippen LogP contribution >= 0.6 is 11.6 Å². The molecule has 0 aliphatic heterocycles. The highest BCUT2D eigenvalue weighted by Gasteiger charge is 2.12. The van der Waals surface area contributed by atoms with E-state index in [1.165, 1.54) is 4.68 Å². The van der Waals surface area contributed by atoms with Crippen molar-refractivity contribution < 1.29 is 14.6 Å². The third kappa shape index (κ3) is 6.04. The van der Waals surface area contributed by atoms with Gasteiger partial charge >= 0.3 is 0 Å². The number of hydrogen-bond acceptors (Lipinski definition) is 5. The summed E-state index contributed by atoms with van der Waals surface area (Å²) in [5.41, 5.74) is 1.20. The van der Waals surface area contributed by atoms with Gasteiger partial charge in [0.05, 0.1) is 6.10 Å². The van der Waals surface area contributed by atoms with Gasteiger partial charge in [0, 0.05) is 24.3 Å². The number of nitrogens with zero attached hydrogens (tertiary/aromatic N) is 3. The van der Waals surface area contributed by atoms with E-state index in [2.05, 4.69) is 10.4 Å². The molecule has 1 heterocycles. The van der Waals surface area contributed by atoms with E-state index in [-0.39, 0.29) is 24.9 Å². The smallest absolute Gasteiger partial charge is 0.271 e. The van der Waals surface area contributed by atoms with Crippen LogP contribution in [0, 0.1) is 6.92 Å². The summed E-state index contributed by atoms with van der Waals surface area (Å²) in [6.45, 7) is 2.72. The normalized spacial score (nSPS) is 12.2. The lowest BCUT2D eigenvalue weighted by Gasteiger charge is -2.15. The summed E-state index contributed by atoms with van der Waals surface area (Å²) < 4.78 is 7.15. The molecular weight excluding hydrogens is 344 g/mol. The molecule has 2 aromatic rings. The molecule has 0 bridgehead atoms. The first kappa shape index (κ1) is 19.2. The summed E-state index contributed by atoms with van der Waals surface area (Å²) in [5.74, 6) is 0.342. The van der Waals surface area contributed by atoms with Gasteiger partial charge in [0.2, 0.25) is 0 Å². The Morgan fingerprint density at radius 1 is 1.44 bits per heavy atom. The third-order valence-corrected chi connectivity index (χ3v) is 3.86. The molecule has 0 spiro atoms. The Labute approximate surface area is 152 Å². The number of nitrogens with one attached hydrogen (secondary N) is 1. The molecule has 0 radical (unpaired) electrons. The number of ether oxygens (including phenoxy) is 1. The first-order chi connectivity index (χ1) is 11.8. The monoisotopic (exact) mass is 366 g/mol. The fourth-order valence-corrected chi connectivity index (χ4v) is 2.31. The SMILES string of the molecule is Cc1cc(OCn2ccc(C(=O)NCC(O)CN(C)C)n2)ccc1Cl. The zero-order valence-corrected chi connectivity index (χ0v) is 15.3. The minimum atomic E-state index is -0.627. The fraction of sp³-hybridized carbons (Fsp3) is 0.412. The van der Waals surface area contributed by atoms with Gasteiger partial charge < -0.3 is 20.1 Å². The molecule has 1 aromatic carbocycles. The predicted octanol–water partition coefficient (Wildman–Crippen LogP) is 1.53. The number of halogens is 1. The lowest BCUT2D eigenvalue weighted by molar-refractivity contribution is 0.0885. The topological polar surface area (TPSA) is 79.6 Å². The summed E-state index contributed by atoms with van der Waals surface area (Å²) in [6.07, 6.45) is 1.03. The summed E-state index contributed by atoms with van der Waals surface area (Å²) in [6, 6.07) is 6.99. The molecule has 0 saturated carbocycles. The largest absolute Gasteiger partial charge is 0.471 e. The minimum absolute atomic E-state index is 0.171. The summed E-state index contributed by atoms with van der Waals surface area (Å²) >= 11 is 5.98. The number of carbonyl (C=O) groups is 1. The van der Waals surface area contributed by atoms with Gasteiger partial charge in [-0.25, -0.2) is 4.68 Å². The molecule has 0 saturated heterocycles. The maximum absolute atomic E-state index is 12.0. The van der Waals surface area contributed by atoms with Crippen molar-refractivity contribution in [3.05, 3.63) is 46.7 Å². The van der Waals surface area contributed by atoms with E-state index in [0.717, 1.165) is 5.56 Å². The van der Waals surface area contributed by atoms with E-state index in [0.29, 0.717) is 17.3 Å². The highest BCUT2D eigenvalue weighted by molar-refractivity contribution is 6.31. The number of carbonyl (C=O) groups excluding carboxylic acids is 1. The van der Waals surface area contributed by atoms with Crippen LogP contribution in [0.1, 0.15) is 16.1 Å². The molecule has 0 aliphatic carbocycles. The molecule has 1 aromatic heterocycles. The van der Waals surface area contributed by atoms with Crippen LogP contribution in [0.5, 0.6) is 5.75 Å². The van der Waals surface area contributed by atoms with E-state index in [1.807, 2.05) is 32.0 Å². The molecule has 1 atom stereocenters. The van der Waals surface area contributed by atoms with Crippen LogP contribution in [0.2, 0.25) is 5.02 Å². The molecule has 136 valence electrons. The number of benzene rings is 1. The van der Waals surface area contributed by atoms with Crippen LogP contribution in [0.15, 0.2) is 30.5 Å². The summed E-state index contributed by atoms with van der Waals surface area (Å²) in [4.78, 5) is 13.9. The molecule has 25 heavy (non-hydrogen) atoms. The lowest BCUT2D eigenvalue weighted by atomic mass is 10.2. The Hall–Kier alpha value is -2.09. The van der Waals surface area contributed by atoms with Gasteiger partial charge in [-0.2, -0.15) is 5.10 Å². The summed E-state index contributed by atoms with van der Waals surface area (Å²) in [5, 5.41) is 17.3. The van der Waals surface area contributed by atoms with Gasteiger partial charge in [0.25, 0.3) is 5.91 Å². The quantitative estimate of drug-likeness (QED) is 0.740. The molecule has 2 rings (SSSR count). The molecule has 8 heteroatoms. The van der Waals surface area contributed by atoms with Crippen molar-refractivity contribution in [2.75, 3.05) is 27.2 Å². The molecule has 1 amide bonds. The number of likely N-dealkylation sites (N-methyl/N-ethyl adjacent to an activating group) is 1. The number of aliphatic hydroxyl groups excluding tert-OH is 1. The second kappa shape index (κ2) is 8.84. The third-order valence-electron chi connectivity index (χ3n) is 3.44. The Morgan fingerprint density at radius 2 is 2.20 bits per heavy atom. The second-order valence-corrected chi connectivity index (χ2v) is 6.46. The van der Waals surface area contributed by atoms with Gasteiger partial charge in [-0.05, 0) is 50.8 Å². The van der Waals surface area contributed by atoms with Crippen molar-refractivity contribution in [2.24, 2.45) is 0 Å². The van der Waals surface area contributed by atoms with Crippen LogP contribution in [0.25, 0.3) is 0 Å². The van der Waals surface area contributed by atoms with Crippen LogP contribution in [0.3, 0.4) is 0 Å². The van der Waals surface area contributed by atoms with Crippen molar-refractivity contribution in [3.8, 4) is 5.75 Å². The lowest BCUT2D eigenvalue weighted by Crippen LogP contribution is -2.37. The number of aryl methyl sites for hydroxylation is 1. The van der Waals surface area contributed by atoms with Gasteiger partial charge in [-0.1, -0.05) is 11.6 Å². The van der Waals surface area contributed by atoms with Crippen molar-refractivity contribution in [2.45, 2.75) is 19.8 Å². The first-order valence-electron chi connectivity index (χ1n) is 7.88. The van der Waals surface area contributed by atoms with E-state index in [4.69, 9.17) is 16.3 Å². The van der Waals surface area contributed by atoms with Crippen LogP contribution < -0.4 is 10.1 Å². The molecule has 7 nitrogen and oxygen atoms in total. The van der Waals surface area contributed by atoms with Crippen molar-refractivity contribution in [1.29, 1.82) is 0 Å². The zero-order chi connectivity index (χ0) is 18.4. The van der Waals surface area contributed by atoms with Crippen LogP contribution in [-0.2, 0) is 6.73 Å². The Kier molecular flexibility index (Phi) is 6.81. The van der Waals surface area contributed by atoms with E-state index >= 15 is 0 Å². The van der Waals surface area contributed by atoms with Gasteiger partial charge in [0.1, 0.15) is 11.4 Å². The number of aromatic nitrogens is 2. The first-order valence-corrected chi connectivity index (χ1v) is 8.26. The number of rotatable bonds is 8. The second-order valence-electron chi connectivity index (χ2n) is 6.05. The summed E-state index contributed by atoms with van der Waals surface area (Å²) in [7, 11) is 3.71. The highest BCUT2D eigenvalue weighted by atomic mass is 35.5. The Balaban J connectivity index is 1.84. The van der Waals surface area contributed by atoms with Crippen molar-refractivity contribution in [1.82, 2.24) is 20.0 Å². The van der Waals surface area contributed by atoms with Gasteiger partial charge in [-0.15, -0.1) is 0 Å². The number of aliphatic hydroxyl groups is 1. The Bertz CT molecular complexity index is 718. The molecule has 0 aliphatic rings. The van der Waals surface area contributed by atoms with Gasteiger partial charge in [-0.3, -0.25) is 4.79 Å². The highest BCUT2D eigenvalue weighted by Crippen LogP contribution is 2.21. The van der Waals surface area contributed by atoms with E-state index in [1.54, 1.807) is 24.4 Å². The maximum Gasteiger partial charge on any atom is 0.271 e. The van der Waals surface area contributed by atoms with E-state index < -0.39 is 6.10 Å². The average Bonchev–Trinajstić information content (AvgIpc) is 3.02. The molecular formula is C17H23ClN4O3. The van der Waals surface area contributed by atoms with Crippen molar-refractivity contribution >= 4 is 17.5 Å². The average molecular weight is 367 g/mol.